The molecule has 1 amide bonds. The van der Waals surface area contributed by atoms with Crippen LogP contribution in [0.15, 0.2) is 71.9 Å². The SMILES string of the molecule is CCOc1cc(NC(=O)c2ccc[n+]([O-])c2)ccc1S(=O)(=O)Nc1cccc(OC(F)(F)F)c1. The highest BCUT2D eigenvalue weighted by atomic mass is 32.2. The van der Waals surface area contributed by atoms with Crippen molar-refractivity contribution >= 4 is 27.3 Å². The Kier molecular flexibility index (Phi) is 7.15. The molecule has 3 rings (SSSR count). The zero-order chi connectivity index (χ0) is 24.9. The van der Waals surface area contributed by atoms with E-state index in [4.69, 9.17) is 4.74 Å². The fraction of sp³-hybridized carbons (Fsp3) is 0.143. The number of halogens is 3. The summed E-state index contributed by atoms with van der Waals surface area (Å²) >= 11 is 0. The van der Waals surface area contributed by atoms with Crippen molar-refractivity contribution in [2.24, 2.45) is 0 Å². The highest BCUT2D eigenvalue weighted by Crippen LogP contribution is 2.31. The zero-order valence-corrected chi connectivity index (χ0v) is 18.3. The number of benzene rings is 2. The molecule has 0 bridgehead atoms. The van der Waals surface area contributed by atoms with Gasteiger partial charge in [-0.1, -0.05) is 6.07 Å². The van der Waals surface area contributed by atoms with Gasteiger partial charge >= 0.3 is 6.36 Å². The predicted octanol–water partition coefficient (Wildman–Crippen LogP) is 3.67. The molecule has 2 aromatic carbocycles. The molecule has 0 saturated carbocycles. The Balaban J connectivity index is 1.85. The van der Waals surface area contributed by atoms with Crippen molar-refractivity contribution in [3.63, 3.8) is 0 Å². The Bertz CT molecular complexity index is 1300. The minimum atomic E-state index is -4.94. The standard InChI is InChI=1S/C21H18F3N3O6S/c1-2-32-18-12-15(25-20(28)14-5-4-10-27(29)13-14)8-9-19(18)34(30,31)26-16-6-3-7-17(11-16)33-21(22,23)24/h3-13,26H,2H2,1H3,(H,25,28). The number of amides is 1. The Morgan fingerprint density at radius 3 is 2.53 bits per heavy atom. The molecule has 0 unspecified atom stereocenters. The second kappa shape index (κ2) is 9.87. The number of hydrogen-bond donors (Lipinski definition) is 2. The van der Waals surface area contributed by atoms with Crippen LogP contribution in [0.4, 0.5) is 24.5 Å². The van der Waals surface area contributed by atoms with Crippen molar-refractivity contribution in [1.29, 1.82) is 0 Å². The molecular weight excluding hydrogens is 479 g/mol. The minimum absolute atomic E-state index is 0.0785. The van der Waals surface area contributed by atoms with E-state index in [-0.39, 0.29) is 34.2 Å². The number of pyridine rings is 1. The van der Waals surface area contributed by atoms with Gasteiger partial charge in [-0.3, -0.25) is 9.52 Å². The molecule has 0 saturated heterocycles. The maximum atomic E-state index is 12.9. The first-order valence-electron chi connectivity index (χ1n) is 9.62. The fourth-order valence-corrected chi connectivity index (χ4v) is 4.01. The highest BCUT2D eigenvalue weighted by Gasteiger charge is 2.31. The van der Waals surface area contributed by atoms with Gasteiger partial charge in [-0.15, -0.1) is 13.2 Å². The molecule has 0 radical (unpaired) electrons. The molecule has 0 atom stereocenters. The van der Waals surface area contributed by atoms with E-state index in [1.165, 1.54) is 42.6 Å². The molecule has 34 heavy (non-hydrogen) atoms. The third-order valence-electron chi connectivity index (χ3n) is 4.15. The summed E-state index contributed by atoms with van der Waals surface area (Å²) in [4.78, 5) is 12.0. The second-order valence-electron chi connectivity index (χ2n) is 6.68. The Hall–Kier alpha value is -4.00. The molecule has 0 fully saturated rings. The van der Waals surface area contributed by atoms with Crippen LogP contribution in [-0.2, 0) is 10.0 Å². The molecule has 1 heterocycles. The number of rotatable bonds is 8. The number of nitrogens with zero attached hydrogens (tertiary/aromatic N) is 1. The van der Waals surface area contributed by atoms with Gasteiger partial charge in [0.2, 0.25) is 0 Å². The fourth-order valence-electron chi connectivity index (χ4n) is 2.84. The normalized spacial score (nSPS) is 11.5. The lowest BCUT2D eigenvalue weighted by molar-refractivity contribution is -0.605. The number of carbonyl (C=O) groups excluding carboxylic acids is 1. The quantitative estimate of drug-likeness (QED) is 0.362. The van der Waals surface area contributed by atoms with Gasteiger partial charge in [0.25, 0.3) is 15.9 Å². The van der Waals surface area contributed by atoms with Gasteiger partial charge in [0, 0.05) is 23.9 Å². The summed E-state index contributed by atoms with van der Waals surface area (Å²) < 4.78 is 75.0. The average molecular weight is 497 g/mol. The molecule has 180 valence electrons. The Morgan fingerprint density at radius 1 is 1.09 bits per heavy atom. The van der Waals surface area contributed by atoms with Gasteiger partial charge < -0.3 is 20.0 Å². The van der Waals surface area contributed by atoms with Crippen LogP contribution in [0.1, 0.15) is 17.3 Å². The Morgan fingerprint density at radius 2 is 1.85 bits per heavy atom. The van der Waals surface area contributed by atoms with Crippen molar-refractivity contribution < 1.29 is 40.6 Å². The smallest absolute Gasteiger partial charge is 0.573 e. The molecule has 2 N–H and O–H groups in total. The Labute approximate surface area is 192 Å². The summed E-state index contributed by atoms with van der Waals surface area (Å²) in [5, 5.41) is 13.9. The lowest BCUT2D eigenvalue weighted by Crippen LogP contribution is -2.27. The van der Waals surface area contributed by atoms with Crippen molar-refractivity contribution in [2.75, 3.05) is 16.6 Å². The summed E-state index contributed by atoms with van der Waals surface area (Å²) in [6, 6.07) is 10.9. The van der Waals surface area contributed by atoms with Crippen LogP contribution in [0.3, 0.4) is 0 Å². The van der Waals surface area contributed by atoms with Crippen molar-refractivity contribution in [2.45, 2.75) is 18.2 Å². The number of aromatic nitrogens is 1. The molecule has 0 spiro atoms. The van der Waals surface area contributed by atoms with Crippen LogP contribution in [-0.4, -0.2) is 27.3 Å². The van der Waals surface area contributed by atoms with Crippen molar-refractivity contribution in [3.8, 4) is 11.5 Å². The molecule has 9 nitrogen and oxygen atoms in total. The van der Waals surface area contributed by atoms with E-state index in [0.29, 0.717) is 4.73 Å². The van der Waals surface area contributed by atoms with Gasteiger partial charge in [-0.05, 0) is 37.3 Å². The maximum Gasteiger partial charge on any atom is 0.573 e. The van der Waals surface area contributed by atoms with Crippen LogP contribution in [0.5, 0.6) is 11.5 Å². The van der Waals surface area contributed by atoms with Crippen molar-refractivity contribution in [3.05, 3.63) is 77.8 Å². The molecular formula is C21H18F3N3O6S. The van der Waals surface area contributed by atoms with E-state index < -0.39 is 28.0 Å². The van der Waals surface area contributed by atoms with Crippen LogP contribution in [0, 0.1) is 5.21 Å². The summed E-state index contributed by atoms with van der Waals surface area (Å²) in [5.41, 5.74) is 0.0978. The number of anilines is 2. The molecule has 0 aliphatic carbocycles. The predicted molar refractivity (Wildman–Crippen MR) is 115 cm³/mol. The van der Waals surface area contributed by atoms with Crippen LogP contribution >= 0.6 is 0 Å². The minimum Gasteiger partial charge on any atom is -0.619 e. The van der Waals surface area contributed by atoms with E-state index in [1.54, 1.807) is 6.92 Å². The molecule has 0 aliphatic heterocycles. The van der Waals surface area contributed by atoms with E-state index in [2.05, 4.69) is 14.8 Å². The molecule has 1 aromatic heterocycles. The zero-order valence-electron chi connectivity index (χ0n) is 17.5. The van der Waals surface area contributed by atoms with E-state index >= 15 is 0 Å². The summed E-state index contributed by atoms with van der Waals surface area (Å²) in [7, 11) is -4.30. The van der Waals surface area contributed by atoms with Gasteiger partial charge in [-0.2, -0.15) is 4.73 Å². The first-order valence-corrected chi connectivity index (χ1v) is 11.1. The van der Waals surface area contributed by atoms with E-state index in [1.807, 2.05) is 0 Å². The average Bonchev–Trinajstić information content (AvgIpc) is 2.72. The number of hydrogen-bond acceptors (Lipinski definition) is 6. The lowest BCUT2D eigenvalue weighted by Gasteiger charge is -2.15. The van der Waals surface area contributed by atoms with E-state index in [9.17, 15) is 31.6 Å². The summed E-state index contributed by atoms with van der Waals surface area (Å²) in [6.07, 6.45) is -2.66. The molecule has 3 aromatic rings. The van der Waals surface area contributed by atoms with Gasteiger partial charge in [-0.25, -0.2) is 8.42 Å². The maximum absolute atomic E-state index is 12.9. The first kappa shape index (κ1) is 24.6. The number of alkyl halides is 3. The van der Waals surface area contributed by atoms with Gasteiger partial charge in [0.05, 0.1) is 12.3 Å². The largest absolute Gasteiger partial charge is 0.619 e. The third kappa shape index (κ3) is 6.51. The lowest BCUT2D eigenvalue weighted by atomic mass is 10.2. The summed E-state index contributed by atoms with van der Waals surface area (Å²) in [5.74, 6) is -1.32. The van der Waals surface area contributed by atoms with Crippen molar-refractivity contribution in [1.82, 2.24) is 0 Å². The van der Waals surface area contributed by atoms with E-state index in [0.717, 1.165) is 24.4 Å². The number of ether oxygens (including phenoxy) is 2. The monoisotopic (exact) mass is 497 g/mol. The van der Waals surface area contributed by atoms with Gasteiger partial charge in [0.1, 0.15) is 22.0 Å². The number of carbonyl (C=O) groups is 1. The first-order chi connectivity index (χ1) is 16.0. The molecule has 13 heteroatoms. The highest BCUT2D eigenvalue weighted by molar-refractivity contribution is 7.92. The van der Waals surface area contributed by atoms with Crippen LogP contribution in [0.2, 0.25) is 0 Å². The van der Waals surface area contributed by atoms with Crippen LogP contribution < -0.4 is 24.2 Å². The van der Waals surface area contributed by atoms with Crippen LogP contribution in [0.25, 0.3) is 0 Å². The summed E-state index contributed by atoms with van der Waals surface area (Å²) in [6.45, 7) is 1.70. The second-order valence-corrected chi connectivity index (χ2v) is 8.33. The molecule has 0 aliphatic rings. The topological polar surface area (TPSA) is 121 Å². The number of sulfonamides is 1. The third-order valence-corrected chi connectivity index (χ3v) is 5.57. The van der Waals surface area contributed by atoms with Gasteiger partial charge in [0.15, 0.2) is 12.4 Å². The number of nitrogens with one attached hydrogen (secondary N) is 2.